The average molecular weight is 948 g/mol. The summed E-state index contributed by atoms with van der Waals surface area (Å²) in [4.78, 5) is 46.9. The number of carboxylic acid groups (broad SMARTS) is 1. The molecule has 6 atom stereocenters. The highest BCUT2D eigenvalue weighted by molar-refractivity contribution is 8.00. The maximum atomic E-state index is 13.0. The van der Waals surface area contributed by atoms with Crippen LogP contribution in [0.1, 0.15) is 168 Å². The number of phosphoric ester groups is 1. The lowest BCUT2D eigenvalue weighted by Gasteiger charge is -2.22. The van der Waals surface area contributed by atoms with Crippen LogP contribution in [0.15, 0.2) is 48.6 Å². The SMILES string of the molecule is CCCCC/C=C\C\C=C/C=C/C=C/[C@@H](SC[C@H](N)C(=O)OC[C@H](COP(=O)(O)OC[C@@H](O)CO)OC(=O)CCCCCCCCCCCCCCCC(C)C)[C@@H](O)CCCC(=O)O. The van der Waals surface area contributed by atoms with E-state index in [4.69, 9.17) is 34.5 Å². The molecule has 0 amide bonds. The molecule has 0 aromatic carbocycles. The van der Waals surface area contributed by atoms with Crippen LogP contribution in [0, 0.1) is 5.92 Å². The van der Waals surface area contributed by atoms with Gasteiger partial charge in [0.1, 0.15) is 18.8 Å². The number of esters is 2. The number of thioether (sulfide) groups is 1. The molecular weight excluding hydrogens is 862 g/mol. The summed E-state index contributed by atoms with van der Waals surface area (Å²) in [6.07, 6.45) is 34.1. The van der Waals surface area contributed by atoms with Gasteiger partial charge in [-0.1, -0.05) is 166 Å². The number of unbranched alkanes of at least 4 members (excludes halogenated alkanes) is 15. The van der Waals surface area contributed by atoms with Gasteiger partial charge in [-0.05, 0) is 44.4 Å². The number of hydrogen-bond donors (Lipinski definition) is 6. The van der Waals surface area contributed by atoms with Gasteiger partial charge >= 0.3 is 25.7 Å². The third kappa shape index (κ3) is 40.0. The molecule has 0 aliphatic heterocycles. The minimum absolute atomic E-state index is 0.0184. The molecule has 16 heteroatoms. The topological polar surface area (TPSA) is 232 Å². The van der Waals surface area contributed by atoms with E-state index in [0.717, 1.165) is 44.4 Å². The quantitative estimate of drug-likeness (QED) is 0.0110. The van der Waals surface area contributed by atoms with Gasteiger partial charge in [-0.2, -0.15) is 0 Å². The first-order valence-corrected chi connectivity index (χ1v) is 26.4. The van der Waals surface area contributed by atoms with Crippen molar-refractivity contribution in [2.75, 3.05) is 32.2 Å². The summed E-state index contributed by atoms with van der Waals surface area (Å²) in [6, 6.07) is -1.17. The fourth-order valence-electron chi connectivity index (χ4n) is 6.33. The number of ether oxygens (including phenoxy) is 2. The van der Waals surface area contributed by atoms with Crippen molar-refractivity contribution < 1.29 is 62.8 Å². The number of allylic oxidation sites excluding steroid dienone is 7. The third-order valence-electron chi connectivity index (χ3n) is 10.2. The third-order valence-corrected chi connectivity index (χ3v) is 12.5. The predicted octanol–water partition coefficient (Wildman–Crippen LogP) is 9.68. The van der Waals surface area contributed by atoms with Gasteiger partial charge in [-0.3, -0.25) is 23.4 Å². The van der Waals surface area contributed by atoms with Crippen LogP contribution >= 0.6 is 19.6 Å². The van der Waals surface area contributed by atoms with E-state index in [1.807, 2.05) is 24.3 Å². The molecule has 0 spiro atoms. The summed E-state index contributed by atoms with van der Waals surface area (Å²) in [5, 5.41) is 37.9. The molecule has 7 N–H and O–H groups in total. The van der Waals surface area contributed by atoms with Gasteiger partial charge in [-0.15, -0.1) is 11.8 Å². The van der Waals surface area contributed by atoms with Crippen molar-refractivity contribution in [2.45, 2.75) is 198 Å². The molecule has 0 bridgehead atoms. The van der Waals surface area contributed by atoms with Crippen molar-refractivity contribution in [1.29, 1.82) is 0 Å². The standard InChI is InChI=1S/C48H86NO13PS/c1-4-5-6-7-8-9-10-15-18-21-24-27-32-45(44(52)31-29-33-46(53)54)64-39-43(49)48(56)59-37-42(38-61-63(57,58)60-36-41(51)35-50)62-47(55)34-28-25-22-19-16-13-11-12-14-17-20-23-26-30-40(2)3/h8-9,15,18,21,24,27,32,40-45,50-52H,4-7,10-14,16-17,19-20,22-23,25-26,28-31,33-39,49H2,1-3H3,(H,53,54)(H,57,58)/b9-8-,18-15-,24-21+,32-27+/t41-,42+,43-,44-,45+/m0/s1. The number of aliphatic hydroxyl groups is 3. The number of aliphatic carboxylic acids is 1. The summed E-state index contributed by atoms with van der Waals surface area (Å²) < 4.78 is 32.9. The Labute approximate surface area is 389 Å². The molecule has 1 unspecified atom stereocenters. The largest absolute Gasteiger partial charge is 0.481 e. The molecule has 0 heterocycles. The van der Waals surface area contributed by atoms with Crippen LogP contribution in [-0.4, -0.2) is 105 Å². The number of rotatable bonds is 44. The zero-order valence-electron chi connectivity index (χ0n) is 39.3. The van der Waals surface area contributed by atoms with E-state index >= 15 is 0 Å². The fraction of sp³-hybridized carbons (Fsp3) is 0.771. The second-order valence-corrected chi connectivity index (χ2v) is 19.5. The van der Waals surface area contributed by atoms with Crippen LogP contribution in [0.25, 0.3) is 0 Å². The van der Waals surface area contributed by atoms with Crippen molar-refractivity contribution in [3.05, 3.63) is 48.6 Å². The minimum atomic E-state index is -4.75. The molecule has 0 aromatic rings. The highest BCUT2D eigenvalue weighted by atomic mass is 32.2. The van der Waals surface area contributed by atoms with E-state index in [1.54, 1.807) is 12.2 Å². The van der Waals surface area contributed by atoms with Gasteiger partial charge in [0.25, 0.3) is 0 Å². The number of carbonyl (C=O) groups excluding carboxylic acids is 2. The molecule has 0 fully saturated rings. The monoisotopic (exact) mass is 948 g/mol. The highest BCUT2D eigenvalue weighted by Crippen LogP contribution is 2.43. The lowest BCUT2D eigenvalue weighted by Crippen LogP contribution is -2.38. The van der Waals surface area contributed by atoms with Crippen molar-refractivity contribution in [3.8, 4) is 0 Å². The first-order chi connectivity index (χ1) is 30.7. The van der Waals surface area contributed by atoms with Gasteiger partial charge in [0.2, 0.25) is 0 Å². The molecule has 0 aliphatic carbocycles. The molecule has 14 nitrogen and oxygen atoms in total. The van der Waals surface area contributed by atoms with E-state index < -0.39 is 81.8 Å². The summed E-state index contributed by atoms with van der Waals surface area (Å²) in [5.74, 6) is -1.62. The summed E-state index contributed by atoms with van der Waals surface area (Å²) in [6.45, 7) is 4.10. The van der Waals surface area contributed by atoms with Gasteiger partial charge in [0, 0.05) is 23.8 Å². The maximum Gasteiger partial charge on any atom is 0.472 e. The summed E-state index contributed by atoms with van der Waals surface area (Å²) in [5.41, 5.74) is 6.16. The van der Waals surface area contributed by atoms with Crippen molar-refractivity contribution in [3.63, 3.8) is 0 Å². The van der Waals surface area contributed by atoms with Crippen LogP contribution in [0.4, 0.5) is 0 Å². The Hall–Kier alpha value is -2.33. The van der Waals surface area contributed by atoms with Crippen LogP contribution in [0.3, 0.4) is 0 Å². The maximum absolute atomic E-state index is 13.0. The molecule has 0 saturated heterocycles. The zero-order chi connectivity index (χ0) is 47.7. The fourth-order valence-corrected chi connectivity index (χ4v) is 8.24. The average Bonchev–Trinajstić information content (AvgIpc) is 3.25. The minimum Gasteiger partial charge on any atom is -0.481 e. The van der Waals surface area contributed by atoms with E-state index in [-0.39, 0.29) is 31.4 Å². The lowest BCUT2D eigenvalue weighted by molar-refractivity contribution is -0.161. The number of carboxylic acids is 1. The van der Waals surface area contributed by atoms with Gasteiger partial charge in [0.15, 0.2) is 6.10 Å². The Balaban J connectivity index is 5.12. The Morgan fingerprint density at radius 3 is 1.94 bits per heavy atom. The van der Waals surface area contributed by atoms with E-state index in [1.165, 1.54) is 88.8 Å². The van der Waals surface area contributed by atoms with Gasteiger partial charge in [0.05, 0.1) is 25.9 Å². The molecular formula is C48H86NO13PS. The van der Waals surface area contributed by atoms with Crippen LogP contribution in [0.5, 0.6) is 0 Å². The smallest absolute Gasteiger partial charge is 0.472 e. The van der Waals surface area contributed by atoms with Crippen LogP contribution < -0.4 is 5.73 Å². The van der Waals surface area contributed by atoms with E-state index in [0.29, 0.717) is 6.42 Å². The summed E-state index contributed by atoms with van der Waals surface area (Å²) >= 11 is 1.19. The van der Waals surface area contributed by atoms with E-state index in [9.17, 15) is 34.1 Å². The highest BCUT2D eigenvalue weighted by Gasteiger charge is 2.28. The molecule has 372 valence electrons. The number of nitrogens with two attached hydrogens (primary N) is 1. The van der Waals surface area contributed by atoms with Crippen molar-refractivity contribution in [1.82, 2.24) is 0 Å². The Bertz CT molecular complexity index is 1340. The zero-order valence-corrected chi connectivity index (χ0v) is 41.0. The normalized spacial score (nSPS) is 15.6. The Morgan fingerprint density at radius 2 is 1.33 bits per heavy atom. The summed E-state index contributed by atoms with van der Waals surface area (Å²) in [7, 11) is -4.75. The Morgan fingerprint density at radius 1 is 0.719 bits per heavy atom. The molecule has 0 rings (SSSR count). The second-order valence-electron chi connectivity index (χ2n) is 16.8. The van der Waals surface area contributed by atoms with Crippen LogP contribution in [0.2, 0.25) is 0 Å². The second kappa shape index (κ2) is 42.1. The van der Waals surface area contributed by atoms with Crippen LogP contribution in [-0.2, 0) is 37.5 Å². The molecule has 0 radical (unpaired) electrons. The van der Waals surface area contributed by atoms with Crippen molar-refractivity contribution in [2.24, 2.45) is 11.7 Å². The first-order valence-electron chi connectivity index (χ1n) is 23.9. The lowest BCUT2D eigenvalue weighted by atomic mass is 10.0. The van der Waals surface area contributed by atoms with Crippen molar-refractivity contribution >= 4 is 37.5 Å². The molecule has 0 aliphatic rings. The number of phosphoric acid groups is 1. The number of hydrogen-bond acceptors (Lipinski definition) is 13. The number of carbonyl (C=O) groups is 3. The first kappa shape index (κ1) is 61.7. The van der Waals surface area contributed by atoms with E-state index in [2.05, 4.69) is 32.9 Å². The predicted molar refractivity (Wildman–Crippen MR) is 257 cm³/mol. The van der Waals surface area contributed by atoms with Gasteiger partial charge in [-0.25, -0.2) is 4.57 Å². The molecule has 0 aromatic heterocycles. The number of aliphatic hydroxyl groups excluding tert-OH is 3. The molecule has 0 saturated carbocycles. The Kier molecular flexibility index (Phi) is 40.5. The van der Waals surface area contributed by atoms with Gasteiger partial charge < -0.3 is 40.5 Å². The molecule has 64 heavy (non-hydrogen) atoms.